The number of imide groups is 1. The number of nitrogens with zero attached hydrogens (tertiary/aromatic N) is 1. The molecule has 0 radical (unpaired) electrons. The maximum Gasteiger partial charge on any atom is 0.440 e. The molecule has 0 unspecified atom stereocenters. The highest BCUT2D eigenvalue weighted by Gasteiger charge is 2.68. The minimum atomic E-state index is -5.31. The summed E-state index contributed by atoms with van der Waals surface area (Å²) in [6.07, 6.45) is -4.24. The summed E-state index contributed by atoms with van der Waals surface area (Å²) in [5.74, 6) is -3.96. The quantitative estimate of drug-likeness (QED) is 0.596. The third kappa shape index (κ3) is 3.42. The summed E-state index contributed by atoms with van der Waals surface area (Å²) < 4.78 is 58.7. The average Bonchev–Trinajstić information content (AvgIpc) is 3.23. The molecule has 0 saturated carbocycles. The van der Waals surface area contributed by atoms with E-state index in [0.717, 1.165) is 24.5 Å². The van der Waals surface area contributed by atoms with Crippen molar-refractivity contribution >= 4 is 17.8 Å². The molecule has 0 aliphatic carbocycles. The van der Waals surface area contributed by atoms with Crippen molar-refractivity contribution in [3.8, 4) is 0 Å². The number of rotatable bonds is 5. The summed E-state index contributed by atoms with van der Waals surface area (Å²) in [4.78, 5) is 36.9. The SMILES string of the molecule is O=C(N[C@]1(C(F)(F)F)NC(=O)N(CCc2ccc(F)cc2)C1=O)c1ccco1. The van der Waals surface area contributed by atoms with Crippen molar-refractivity contribution in [3.05, 3.63) is 59.8 Å². The van der Waals surface area contributed by atoms with E-state index in [1.165, 1.54) is 28.8 Å². The number of amides is 4. The van der Waals surface area contributed by atoms with Crippen LogP contribution in [0.3, 0.4) is 0 Å². The van der Waals surface area contributed by atoms with Crippen molar-refractivity contribution in [2.24, 2.45) is 0 Å². The number of nitrogens with one attached hydrogen (secondary N) is 2. The number of furan rings is 1. The summed E-state index contributed by atoms with van der Waals surface area (Å²) in [6.45, 7) is -0.398. The zero-order valence-corrected chi connectivity index (χ0v) is 14.0. The second-order valence-electron chi connectivity index (χ2n) is 5.94. The molecule has 2 heterocycles. The summed E-state index contributed by atoms with van der Waals surface area (Å²) in [5.41, 5.74) is -3.11. The Morgan fingerprint density at radius 1 is 1.18 bits per heavy atom. The molecule has 11 heteroatoms. The zero-order valence-electron chi connectivity index (χ0n) is 14.0. The Labute approximate surface area is 155 Å². The number of hydrogen-bond donors (Lipinski definition) is 2. The average molecular weight is 399 g/mol. The Morgan fingerprint density at radius 2 is 1.86 bits per heavy atom. The van der Waals surface area contributed by atoms with Crippen LogP contribution in [0.15, 0.2) is 47.1 Å². The largest absolute Gasteiger partial charge is 0.459 e. The van der Waals surface area contributed by atoms with Crippen LogP contribution in [0.2, 0.25) is 0 Å². The molecule has 28 heavy (non-hydrogen) atoms. The van der Waals surface area contributed by atoms with Crippen molar-refractivity contribution in [3.63, 3.8) is 0 Å². The van der Waals surface area contributed by atoms with Crippen LogP contribution in [-0.4, -0.2) is 41.1 Å². The first-order valence-electron chi connectivity index (χ1n) is 7.95. The predicted octanol–water partition coefficient (Wildman–Crippen LogP) is 2.20. The first kappa shape index (κ1) is 19.4. The van der Waals surface area contributed by atoms with Crippen LogP contribution >= 0.6 is 0 Å². The molecule has 4 amide bonds. The van der Waals surface area contributed by atoms with Gasteiger partial charge in [0.05, 0.1) is 6.26 Å². The molecule has 1 aliphatic rings. The van der Waals surface area contributed by atoms with Crippen molar-refractivity contribution in [1.29, 1.82) is 0 Å². The minimum Gasteiger partial charge on any atom is -0.459 e. The van der Waals surface area contributed by atoms with Crippen LogP contribution in [-0.2, 0) is 11.2 Å². The predicted molar refractivity (Wildman–Crippen MR) is 85.3 cm³/mol. The van der Waals surface area contributed by atoms with Gasteiger partial charge in [-0.1, -0.05) is 12.1 Å². The number of alkyl halides is 3. The second-order valence-corrected chi connectivity index (χ2v) is 5.94. The van der Waals surface area contributed by atoms with Gasteiger partial charge in [0.15, 0.2) is 5.76 Å². The molecule has 2 N–H and O–H groups in total. The Hall–Kier alpha value is -3.37. The van der Waals surface area contributed by atoms with Crippen LogP contribution in [0, 0.1) is 5.82 Å². The van der Waals surface area contributed by atoms with E-state index < -0.39 is 47.8 Å². The highest BCUT2D eigenvalue weighted by Crippen LogP contribution is 2.34. The fraction of sp³-hybridized carbons (Fsp3) is 0.235. The third-order valence-corrected chi connectivity index (χ3v) is 4.11. The van der Waals surface area contributed by atoms with Crippen LogP contribution in [0.4, 0.5) is 22.4 Å². The Kier molecular flexibility index (Phi) is 4.84. The van der Waals surface area contributed by atoms with Crippen LogP contribution in [0.1, 0.15) is 16.1 Å². The summed E-state index contributed by atoms with van der Waals surface area (Å²) in [6, 6.07) is 6.11. The molecule has 1 aromatic carbocycles. The fourth-order valence-electron chi connectivity index (χ4n) is 2.66. The van der Waals surface area contributed by atoms with Gasteiger partial charge in [-0.15, -0.1) is 0 Å². The lowest BCUT2D eigenvalue weighted by Crippen LogP contribution is -2.69. The summed E-state index contributed by atoms with van der Waals surface area (Å²) in [7, 11) is 0. The summed E-state index contributed by atoms with van der Waals surface area (Å²) >= 11 is 0. The Balaban J connectivity index is 1.81. The molecule has 3 rings (SSSR count). The number of carbonyl (C=O) groups excluding carboxylic acids is 3. The van der Waals surface area contributed by atoms with Gasteiger partial charge in [-0.3, -0.25) is 19.8 Å². The number of halogens is 4. The number of hydrogen-bond acceptors (Lipinski definition) is 4. The minimum absolute atomic E-state index is 0.000489. The molecule has 1 atom stereocenters. The van der Waals surface area contributed by atoms with Crippen LogP contribution in [0.5, 0.6) is 0 Å². The lowest BCUT2D eigenvalue weighted by molar-refractivity contribution is -0.200. The number of carbonyl (C=O) groups is 3. The van der Waals surface area contributed by atoms with Gasteiger partial charge in [0.25, 0.3) is 17.5 Å². The fourth-order valence-corrected chi connectivity index (χ4v) is 2.66. The smallest absolute Gasteiger partial charge is 0.440 e. The topological polar surface area (TPSA) is 91.7 Å². The molecule has 1 aliphatic heterocycles. The van der Waals surface area contributed by atoms with Crippen LogP contribution < -0.4 is 10.6 Å². The standard InChI is InChI=1S/C17H13F4N3O4/c18-11-5-3-10(4-6-11)7-8-24-14(26)16(17(19,20)21,23-15(24)27)22-13(25)12-2-1-9-28-12/h1-6,9H,7-8H2,(H,22,25)(H,23,27)/t16-/m0/s1. The molecule has 0 spiro atoms. The molecule has 0 bridgehead atoms. The van der Waals surface area contributed by atoms with Crippen molar-refractivity contribution in [2.45, 2.75) is 18.3 Å². The van der Waals surface area contributed by atoms with Gasteiger partial charge >= 0.3 is 12.2 Å². The van der Waals surface area contributed by atoms with Gasteiger partial charge in [-0.2, -0.15) is 13.2 Å². The van der Waals surface area contributed by atoms with Gasteiger partial charge in [0, 0.05) is 6.54 Å². The normalized spacial score (nSPS) is 19.6. The van der Waals surface area contributed by atoms with E-state index in [1.807, 2.05) is 0 Å². The molecular weight excluding hydrogens is 386 g/mol. The molecule has 1 saturated heterocycles. The monoisotopic (exact) mass is 399 g/mol. The van der Waals surface area contributed by atoms with Gasteiger partial charge in [-0.25, -0.2) is 9.18 Å². The number of urea groups is 1. The van der Waals surface area contributed by atoms with Gasteiger partial charge in [0.1, 0.15) is 5.82 Å². The van der Waals surface area contributed by atoms with Gasteiger partial charge < -0.3 is 9.73 Å². The van der Waals surface area contributed by atoms with E-state index in [0.29, 0.717) is 10.5 Å². The van der Waals surface area contributed by atoms with Crippen molar-refractivity contribution in [2.75, 3.05) is 6.54 Å². The maximum atomic E-state index is 13.7. The molecule has 148 valence electrons. The first-order valence-corrected chi connectivity index (χ1v) is 7.95. The van der Waals surface area contributed by atoms with E-state index in [2.05, 4.69) is 0 Å². The highest BCUT2D eigenvalue weighted by molar-refractivity contribution is 6.10. The Bertz CT molecular complexity index is 896. The molecule has 1 fully saturated rings. The zero-order chi connectivity index (χ0) is 20.5. The maximum absolute atomic E-state index is 13.7. The van der Waals surface area contributed by atoms with Crippen molar-refractivity contribution in [1.82, 2.24) is 15.5 Å². The molecule has 1 aromatic heterocycles. The van der Waals surface area contributed by atoms with Crippen LogP contribution in [0.25, 0.3) is 0 Å². The lowest BCUT2D eigenvalue weighted by Gasteiger charge is -2.29. The van der Waals surface area contributed by atoms with E-state index in [4.69, 9.17) is 4.42 Å². The first-order chi connectivity index (χ1) is 13.1. The summed E-state index contributed by atoms with van der Waals surface area (Å²) in [5, 5.41) is 3.04. The molecule has 7 nitrogen and oxygen atoms in total. The molecular formula is C17H13F4N3O4. The molecule has 2 aromatic rings. The highest BCUT2D eigenvalue weighted by atomic mass is 19.4. The van der Waals surface area contributed by atoms with E-state index in [1.54, 1.807) is 0 Å². The Morgan fingerprint density at radius 3 is 2.43 bits per heavy atom. The van der Waals surface area contributed by atoms with E-state index in [-0.39, 0.29) is 6.42 Å². The number of benzene rings is 1. The second kappa shape index (κ2) is 6.98. The lowest BCUT2D eigenvalue weighted by atomic mass is 10.1. The van der Waals surface area contributed by atoms with Gasteiger partial charge in [-0.05, 0) is 36.2 Å². The third-order valence-electron chi connectivity index (χ3n) is 4.11. The van der Waals surface area contributed by atoms with E-state index in [9.17, 15) is 31.9 Å². The van der Waals surface area contributed by atoms with E-state index >= 15 is 0 Å². The van der Waals surface area contributed by atoms with Crippen molar-refractivity contribution < 1.29 is 36.4 Å². The van der Waals surface area contributed by atoms with Gasteiger partial charge in [0.2, 0.25) is 0 Å².